The Morgan fingerprint density at radius 3 is 2.48 bits per heavy atom. The highest BCUT2D eigenvalue weighted by Crippen LogP contribution is 2.43. The second-order valence-corrected chi connectivity index (χ2v) is 6.01. The zero-order valence-corrected chi connectivity index (χ0v) is 13.3. The largest absolute Gasteiger partial charge is 0.312 e. The third kappa shape index (κ3) is 2.51. The Balaban J connectivity index is 1.91. The van der Waals surface area contributed by atoms with E-state index < -0.39 is 0 Å². The van der Waals surface area contributed by atoms with Gasteiger partial charge in [0.15, 0.2) is 0 Å². The van der Waals surface area contributed by atoms with E-state index in [9.17, 15) is 0 Å². The van der Waals surface area contributed by atoms with Gasteiger partial charge in [0.2, 0.25) is 0 Å². The first-order valence-corrected chi connectivity index (χ1v) is 8.15. The molecule has 0 bridgehead atoms. The Hall–Kier alpha value is -1.60. The number of fused-ring (bicyclic) bond motifs is 1. The molecule has 2 aromatic rings. The van der Waals surface area contributed by atoms with Gasteiger partial charge >= 0.3 is 0 Å². The summed E-state index contributed by atoms with van der Waals surface area (Å²) < 4.78 is 0. The maximum Gasteiger partial charge on any atom is 0.0390 e. The monoisotopic (exact) mass is 279 g/mol. The van der Waals surface area contributed by atoms with E-state index in [4.69, 9.17) is 0 Å². The minimum Gasteiger partial charge on any atom is -0.312 e. The maximum absolute atomic E-state index is 3.55. The Kier molecular flexibility index (Phi) is 4.12. The highest BCUT2D eigenvalue weighted by molar-refractivity contribution is 5.44. The fourth-order valence-electron chi connectivity index (χ4n) is 3.71. The molecule has 2 unspecified atom stereocenters. The number of aryl methyl sites for hydroxylation is 2. The second-order valence-electron chi connectivity index (χ2n) is 6.01. The van der Waals surface area contributed by atoms with Crippen LogP contribution in [0.5, 0.6) is 0 Å². The van der Waals surface area contributed by atoms with Crippen LogP contribution in [0.2, 0.25) is 0 Å². The molecule has 2 atom stereocenters. The Labute approximate surface area is 128 Å². The van der Waals surface area contributed by atoms with E-state index in [-0.39, 0.29) is 0 Å². The smallest absolute Gasteiger partial charge is 0.0390 e. The van der Waals surface area contributed by atoms with E-state index in [1.54, 1.807) is 0 Å². The zero-order chi connectivity index (χ0) is 14.8. The van der Waals surface area contributed by atoms with Crippen molar-refractivity contribution in [2.45, 2.75) is 45.1 Å². The molecule has 2 aromatic carbocycles. The van der Waals surface area contributed by atoms with E-state index in [2.05, 4.69) is 68.7 Å². The quantitative estimate of drug-likeness (QED) is 0.854. The lowest BCUT2D eigenvalue weighted by atomic mass is 9.71. The van der Waals surface area contributed by atoms with E-state index in [1.807, 2.05) is 0 Å². The Morgan fingerprint density at radius 2 is 1.81 bits per heavy atom. The van der Waals surface area contributed by atoms with E-state index in [0.29, 0.717) is 12.0 Å². The molecule has 1 N–H and O–H groups in total. The number of nitrogens with one attached hydrogen (secondary N) is 1. The van der Waals surface area contributed by atoms with Gasteiger partial charge in [-0.3, -0.25) is 0 Å². The van der Waals surface area contributed by atoms with Crippen LogP contribution in [0.15, 0.2) is 42.5 Å². The van der Waals surface area contributed by atoms with Crippen LogP contribution in [0, 0.1) is 0 Å². The van der Waals surface area contributed by atoms with Gasteiger partial charge in [-0.15, -0.1) is 0 Å². The molecule has 0 aliphatic heterocycles. The zero-order valence-electron chi connectivity index (χ0n) is 13.3. The molecule has 0 spiro atoms. The van der Waals surface area contributed by atoms with Gasteiger partial charge < -0.3 is 5.32 Å². The van der Waals surface area contributed by atoms with E-state index in [1.165, 1.54) is 34.2 Å². The van der Waals surface area contributed by atoms with Crippen molar-refractivity contribution >= 4 is 0 Å². The summed E-state index contributed by atoms with van der Waals surface area (Å²) in [6.45, 7) is 4.50. The van der Waals surface area contributed by atoms with Crippen LogP contribution in [0.3, 0.4) is 0 Å². The summed E-state index contributed by atoms with van der Waals surface area (Å²) in [6.07, 6.45) is 3.44. The van der Waals surface area contributed by atoms with E-state index in [0.717, 1.165) is 12.8 Å². The van der Waals surface area contributed by atoms with Crippen molar-refractivity contribution in [1.29, 1.82) is 0 Å². The summed E-state index contributed by atoms with van der Waals surface area (Å²) in [4.78, 5) is 0. The van der Waals surface area contributed by atoms with Gasteiger partial charge in [0, 0.05) is 12.0 Å². The van der Waals surface area contributed by atoms with Crippen LogP contribution in [0.1, 0.15) is 53.6 Å². The molecule has 0 fully saturated rings. The molecule has 0 aromatic heterocycles. The molecular formula is C20H25N. The van der Waals surface area contributed by atoms with Gasteiger partial charge in [-0.2, -0.15) is 0 Å². The van der Waals surface area contributed by atoms with Gasteiger partial charge in [-0.25, -0.2) is 0 Å². The average molecular weight is 279 g/mol. The summed E-state index contributed by atoms with van der Waals surface area (Å²) in [6, 6.07) is 16.3. The lowest BCUT2D eigenvalue weighted by molar-refractivity contribution is 0.438. The molecule has 1 aliphatic rings. The molecule has 1 heteroatoms. The molecule has 1 aliphatic carbocycles. The topological polar surface area (TPSA) is 12.0 Å². The number of rotatable bonds is 5. The van der Waals surface area contributed by atoms with Crippen molar-refractivity contribution < 1.29 is 0 Å². The molecule has 0 saturated carbocycles. The lowest BCUT2D eigenvalue weighted by Crippen LogP contribution is -2.31. The first kappa shape index (κ1) is 14.3. The van der Waals surface area contributed by atoms with Crippen molar-refractivity contribution in [1.82, 2.24) is 5.32 Å². The van der Waals surface area contributed by atoms with Gasteiger partial charge in [-0.05, 0) is 54.1 Å². The summed E-state index contributed by atoms with van der Waals surface area (Å²) in [5.74, 6) is 0.614. The minimum atomic E-state index is 0.427. The van der Waals surface area contributed by atoms with Gasteiger partial charge in [-0.1, -0.05) is 56.3 Å². The number of likely N-dealkylation sites (N-methyl/N-ethyl adjacent to an activating group) is 1. The molecule has 21 heavy (non-hydrogen) atoms. The SMILES string of the molecule is CCc1ccc(C(NC)C2Cc3ccccc32)cc1CC. The summed E-state index contributed by atoms with van der Waals surface area (Å²) in [7, 11) is 2.09. The standard InChI is InChI=1S/C20H25N/c1-4-14-10-11-17(12-15(14)5-2)20(21-3)19-13-16-8-6-7-9-18(16)19/h6-12,19-21H,4-5,13H2,1-3H3. The van der Waals surface area contributed by atoms with Crippen LogP contribution in [-0.4, -0.2) is 7.05 Å². The molecule has 0 heterocycles. The number of hydrogen-bond acceptors (Lipinski definition) is 1. The predicted octanol–water partition coefficient (Wildman–Crippen LogP) is 4.41. The fraction of sp³-hybridized carbons (Fsp3) is 0.400. The third-order valence-electron chi connectivity index (χ3n) is 4.96. The van der Waals surface area contributed by atoms with Crippen molar-refractivity contribution in [3.8, 4) is 0 Å². The molecule has 0 saturated heterocycles. The van der Waals surface area contributed by atoms with Gasteiger partial charge in [0.25, 0.3) is 0 Å². The van der Waals surface area contributed by atoms with Gasteiger partial charge in [0.05, 0.1) is 0 Å². The average Bonchev–Trinajstić information content (AvgIpc) is 2.52. The van der Waals surface area contributed by atoms with Crippen LogP contribution in [-0.2, 0) is 19.3 Å². The first-order valence-electron chi connectivity index (χ1n) is 8.15. The van der Waals surface area contributed by atoms with Crippen LogP contribution in [0.25, 0.3) is 0 Å². The summed E-state index contributed by atoms with van der Waals surface area (Å²) >= 11 is 0. The van der Waals surface area contributed by atoms with E-state index >= 15 is 0 Å². The van der Waals surface area contributed by atoms with Crippen molar-refractivity contribution in [2.24, 2.45) is 0 Å². The maximum atomic E-state index is 3.55. The van der Waals surface area contributed by atoms with Gasteiger partial charge in [0.1, 0.15) is 0 Å². The minimum absolute atomic E-state index is 0.427. The van der Waals surface area contributed by atoms with Crippen molar-refractivity contribution in [3.63, 3.8) is 0 Å². The first-order chi connectivity index (χ1) is 10.3. The molecule has 110 valence electrons. The lowest BCUT2D eigenvalue weighted by Gasteiger charge is -2.37. The van der Waals surface area contributed by atoms with Crippen molar-refractivity contribution in [3.05, 3.63) is 70.3 Å². The molecule has 0 radical (unpaired) electrons. The Morgan fingerprint density at radius 1 is 1.05 bits per heavy atom. The highest BCUT2D eigenvalue weighted by Gasteiger charge is 2.32. The van der Waals surface area contributed by atoms with Crippen LogP contribution >= 0.6 is 0 Å². The van der Waals surface area contributed by atoms with Crippen molar-refractivity contribution in [2.75, 3.05) is 7.05 Å². The molecular weight excluding hydrogens is 254 g/mol. The Bertz CT molecular complexity index is 629. The van der Waals surface area contributed by atoms with Crippen LogP contribution < -0.4 is 5.32 Å². The normalized spacial score (nSPS) is 18.0. The molecule has 3 rings (SSSR count). The van der Waals surface area contributed by atoms with Crippen LogP contribution in [0.4, 0.5) is 0 Å². The molecule has 0 amide bonds. The number of hydrogen-bond donors (Lipinski definition) is 1. The fourth-order valence-corrected chi connectivity index (χ4v) is 3.71. The summed E-state index contributed by atoms with van der Waals surface area (Å²) in [5.41, 5.74) is 7.47. The number of benzene rings is 2. The predicted molar refractivity (Wildman–Crippen MR) is 89.9 cm³/mol. The second kappa shape index (κ2) is 6.03. The highest BCUT2D eigenvalue weighted by atomic mass is 14.9. The third-order valence-corrected chi connectivity index (χ3v) is 4.96. The summed E-state index contributed by atoms with van der Waals surface area (Å²) in [5, 5.41) is 3.55. The molecule has 1 nitrogen and oxygen atoms in total.